The molecule has 4 nitrogen and oxygen atoms in total. The normalized spacial score (nSPS) is 10.2. The Labute approximate surface area is 132 Å². The first-order chi connectivity index (χ1) is 10.1. The Balaban J connectivity index is 2.17. The van der Waals surface area contributed by atoms with Crippen LogP contribution in [0.25, 0.3) is 0 Å². The van der Waals surface area contributed by atoms with Crippen molar-refractivity contribution in [1.29, 1.82) is 0 Å². The summed E-state index contributed by atoms with van der Waals surface area (Å²) in [4.78, 5) is 17.5. The van der Waals surface area contributed by atoms with Gasteiger partial charge in [-0.15, -0.1) is 11.8 Å². The quantitative estimate of drug-likeness (QED) is 0.842. The zero-order chi connectivity index (χ0) is 15.2. The van der Waals surface area contributed by atoms with Gasteiger partial charge in [-0.2, -0.15) is 0 Å². The van der Waals surface area contributed by atoms with Crippen LogP contribution in [0.5, 0.6) is 5.88 Å². The van der Waals surface area contributed by atoms with Crippen molar-refractivity contribution in [2.45, 2.75) is 11.8 Å². The first-order valence-corrected chi connectivity index (χ1v) is 7.99. The molecule has 6 heteroatoms. The fourth-order valence-electron chi connectivity index (χ4n) is 1.68. The van der Waals surface area contributed by atoms with Crippen molar-refractivity contribution in [3.63, 3.8) is 0 Å². The van der Waals surface area contributed by atoms with E-state index in [4.69, 9.17) is 16.3 Å². The summed E-state index contributed by atoms with van der Waals surface area (Å²) in [6, 6.07) is 10.8. The lowest BCUT2D eigenvalue weighted by Crippen LogP contribution is -2.14. The van der Waals surface area contributed by atoms with Crippen LogP contribution in [0.3, 0.4) is 0 Å². The van der Waals surface area contributed by atoms with Crippen LogP contribution >= 0.6 is 23.4 Å². The van der Waals surface area contributed by atoms with E-state index < -0.39 is 0 Å². The van der Waals surface area contributed by atoms with Gasteiger partial charge in [0.1, 0.15) is 0 Å². The Morgan fingerprint density at radius 2 is 2.00 bits per heavy atom. The Morgan fingerprint density at radius 3 is 2.62 bits per heavy atom. The largest absolute Gasteiger partial charge is 0.478 e. The summed E-state index contributed by atoms with van der Waals surface area (Å²) < 4.78 is 5.28. The number of hydrogen-bond acceptors (Lipinski definition) is 4. The Morgan fingerprint density at radius 1 is 1.29 bits per heavy atom. The van der Waals surface area contributed by atoms with Gasteiger partial charge in [-0.05, 0) is 43.5 Å². The Bertz CT molecular complexity index is 632. The number of nitrogens with one attached hydrogen (secondary N) is 1. The lowest BCUT2D eigenvalue weighted by atomic mass is 10.3. The summed E-state index contributed by atoms with van der Waals surface area (Å²) in [5.74, 6) is 0.0169. The third kappa shape index (κ3) is 4.12. The molecule has 0 unspecified atom stereocenters. The highest BCUT2D eigenvalue weighted by Crippen LogP contribution is 2.21. The minimum absolute atomic E-state index is 0.150. The zero-order valence-corrected chi connectivity index (χ0v) is 13.3. The number of hydrogen-bond donors (Lipinski definition) is 1. The van der Waals surface area contributed by atoms with Gasteiger partial charge < -0.3 is 10.1 Å². The first-order valence-electron chi connectivity index (χ1n) is 6.38. The average molecular weight is 323 g/mol. The summed E-state index contributed by atoms with van der Waals surface area (Å²) in [6.45, 7) is 2.33. The van der Waals surface area contributed by atoms with Crippen LogP contribution in [0.4, 0.5) is 5.69 Å². The van der Waals surface area contributed by atoms with Gasteiger partial charge in [0.15, 0.2) is 5.69 Å². The van der Waals surface area contributed by atoms with E-state index in [2.05, 4.69) is 10.3 Å². The van der Waals surface area contributed by atoms with Crippen molar-refractivity contribution in [3.05, 3.63) is 47.1 Å². The molecule has 0 aliphatic rings. The smallest absolute Gasteiger partial charge is 0.275 e. The van der Waals surface area contributed by atoms with E-state index in [1.54, 1.807) is 23.9 Å². The molecule has 1 heterocycles. The molecule has 0 aliphatic heterocycles. The molecule has 0 aliphatic carbocycles. The number of benzene rings is 1. The van der Waals surface area contributed by atoms with Crippen LogP contribution in [0.2, 0.25) is 5.02 Å². The number of ether oxygens (including phenoxy) is 1. The van der Waals surface area contributed by atoms with E-state index in [1.807, 2.05) is 37.4 Å². The molecular formula is C15H15ClN2O2S. The average Bonchev–Trinajstić information content (AvgIpc) is 2.50. The van der Waals surface area contributed by atoms with Crippen LogP contribution in [0.1, 0.15) is 17.4 Å². The van der Waals surface area contributed by atoms with Crippen molar-refractivity contribution in [2.24, 2.45) is 0 Å². The third-order valence-corrected chi connectivity index (χ3v) is 3.72. The molecule has 1 aromatic heterocycles. The Kier molecular flexibility index (Phi) is 5.47. The van der Waals surface area contributed by atoms with E-state index >= 15 is 0 Å². The van der Waals surface area contributed by atoms with Gasteiger partial charge in [-0.25, -0.2) is 4.98 Å². The predicted octanol–water partition coefficient (Wildman–Crippen LogP) is 4.11. The SMILES string of the molecule is CCOc1ccc(Cl)c(C(=O)Nc2ccc(SC)cc2)n1. The number of aromatic nitrogens is 1. The summed E-state index contributed by atoms with van der Waals surface area (Å²) in [6.07, 6.45) is 2.00. The number of anilines is 1. The molecule has 2 rings (SSSR count). The number of carbonyl (C=O) groups excluding carboxylic acids is 1. The second-order valence-electron chi connectivity index (χ2n) is 4.10. The van der Waals surface area contributed by atoms with E-state index in [1.165, 1.54) is 0 Å². The summed E-state index contributed by atoms with van der Waals surface area (Å²) in [5.41, 5.74) is 0.842. The lowest BCUT2D eigenvalue weighted by molar-refractivity contribution is 0.102. The van der Waals surface area contributed by atoms with Crippen LogP contribution < -0.4 is 10.1 Å². The Hall–Kier alpha value is -1.72. The number of thioether (sulfide) groups is 1. The number of halogens is 1. The van der Waals surface area contributed by atoms with E-state index in [0.29, 0.717) is 18.2 Å². The van der Waals surface area contributed by atoms with Crippen LogP contribution in [0.15, 0.2) is 41.3 Å². The maximum atomic E-state index is 12.2. The summed E-state index contributed by atoms with van der Waals surface area (Å²) in [7, 11) is 0. The van der Waals surface area contributed by atoms with Gasteiger partial charge >= 0.3 is 0 Å². The molecular weight excluding hydrogens is 308 g/mol. The number of rotatable bonds is 5. The molecule has 0 saturated heterocycles. The number of carbonyl (C=O) groups is 1. The molecule has 21 heavy (non-hydrogen) atoms. The number of nitrogens with zero attached hydrogens (tertiary/aromatic N) is 1. The molecule has 110 valence electrons. The van der Waals surface area contributed by atoms with E-state index in [-0.39, 0.29) is 16.6 Å². The maximum Gasteiger partial charge on any atom is 0.275 e. The van der Waals surface area contributed by atoms with Crippen molar-refractivity contribution in [3.8, 4) is 5.88 Å². The highest BCUT2D eigenvalue weighted by atomic mass is 35.5. The van der Waals surface area contributed by atoms with E-state index in [9.17, 15) is 4.79 Å². The second kappa shape index (κ2) is 7.33. The predicted molar refractivity (Wildman–Crippen MR) is 86.6 cm³/mol. The summed E-state index contributed by atoms with van der Waals surface area (Å²) in [5, 5.41) is 3.06. The fourth-order valence-corrected chi connectivity index (χ4v) is 2.28. The first kappa shape index (κ1) is 15.7. The van der Waals surface area contributed by atoms with E-state index in [0.717, 1.165) is 4.90 Å². The molecule has 2 aromatic rings. The fraction of sp³-hybridized carbons (Fsp3) is 0.200. The van der Waals surface area contributed by atoms with Gasteiger partial charge in [0.2, 0.25) is 5.88 Å². The number of amides is 1. The van der Waals surface area contributed by atoms with Crippen molar-refractivity contribution < 1.29 is 9.53 Å². The van der Waals surface area contributed by atoms with Gasteiger partial charge in [0.05, 0.1) is 11.6 Å². The minimum Gasteiger partial charge on any atom is -0.478 e. The molecule has 0 bridgehead atoms. The van der Waals surface area contributed by atoms with Crippen molar-refractivity contribution in [1.82, 2.24) is 4.98 Å². The lowest BCUT2D eigenvalue weighted by Gasteiger charge is -2.08. The summed E-state index contributed by atoms with van der Waals surface area (Å²) >= 11 is 7.66. The monoisotopic (exact) mass is 322 g/mol. The molecule has 0 fully saturated rings. The van der Waals surface area contributed by atoms with Gasteiger partial charge in [0.25, 0.3) is 5.91 Å². The van der Waals surface area contributed by atoms with Crippen molar-refractivity contribution in [2.75, 3.05) is 18.2 Å². The topological polar surface area (TPSA) is 51.2 Å². The van der Waals surface area contributed by atoms with Gasteiger partial charge in [-0.3, -0.25) is 4.79 Å². The third-order valence-electron chi connectivity index (χ3n) is 2.68. The maximum absolute atomic E-state index is 12.2. The molecule has 0 saturated carbocycles. The number of pyridine rings is 1. The molecule has 0 atom stereocenters. The molecule has 1 aromatic carbocycles. The van der Waals surface area contributed by atoms with Crippen LogP contribution in [-0.2, 0) is 0 Å². The minimum atomic E-state index is -0.363. The van der Waals surface area contributed by atoms with Crippen molar-refractivity contribution >= 4 is 35.0 Å². The highest BCUT2D eigenvalue weighted by Gasteiger charge is 2.14. The highest BCUT2D eigenvalue weighted by molar-refractivity contribution is 7.98. The van der Waals surface area contributed by atoms with Crippen LogP contribution in [0, 0.1) is 0 Å². The molecule has 0 radical (unpaired) electrons. The zero-order valence-electron chi connectivity index (χ0n) is 11.7. The standard InChI is InChI=1S/C15H15ClN2O2S/c1-3-20-13-9-8-12(16)14(18-13)15(19)17-10-4-6-11(21-2)7-5-10/h4-9H,3H2,1-2H3,(H,17,19). The second-order valence-corrected chi connectivity index (χ2v) is 5.38. The molecule has 1 amide bonds. The van der Waals surface area contributed by atoms with Crippen LogP contribution in [-0.4, -0.2) is 23.8 Å². The molecule has 1 N–H and O–H groups in total. The van der Waals surface area contributed by atoms with Gasteiger partial charge in [-0.1, -0.05) is 11.6 Å². The van der Waals surface area contributed by atoms with Gasteiger partial charge in [0, 0.05) is 16.6 Å². The molecule has 0 spiro atoms.